The summed E-state index contributed by atoms with van der Waals surface area (Å²) in [5, 5.41) is 5.07. The molecular formula is C24H28ClN3OS. The zero-order valence-electron chi connectivity index (χ0n) is 16.9. The number of carbonyl (C=O) groups is 1. The number of nitrogens with one attached hydrogen (secondary N) is 1. The van der Waals surface area contributed by atoms with E-state index in [1.165, 1.54) is 16.0 Å². The molecule has 2 aromatic carbocycles. The van der Waals surface area contributed by atoms with Crippen LogP contribution in [0.3, 0.4) is 0 Å². The van der Waals surface area contributed by atoms with Crippen LogP contribution in [0, 0.1) is 0 Å². The van der Waals surface area contributed by atoms with E-state index in [-0.39, 0.29) is 24.4 Å². The van der Waals surface area contributed by atoms with Crippen molar-refractivity contribution >= 4 is 29.7 Å². The van der Waals surface area contributed by atoms with Crippen molar-refractivity contribution in [2.45, 2.75) is 12.6 Å². The molecule has 0 unspecified atom stereocenters. The maximum absolute atomic E-state index is 12.3. The van der Waals surface area contributed by atoms with Crippen molar-refractivity contribution in [3.63, 3.8) is 0 Å². The molecule has 0 radical (unpaired) electrons. The van der Waals surface area contributed by atoms with Crippen molar-refractivity contribution in [3.8, 4) is 0 Å². The van der Waals surface area contributed by atoms with E-state index in [4.69, 9.17) is 0 Å². The van der Waals surface area contributed by atoms with Gasteiger partial charge < -0.3 is 5.32 Å². The molecule has 6 heteroatoms. The van der Waals surface area contributed by atoms with Gasteiger partial charge in [0.25, 0.3) is 0 Å². The fraction of sp³-hybridized carbons (Fsp3) is 0.292. The number of piperazine rings is 1. The van der Waals surface area contributed by atoms with Gasteiger partial charge in [-0.2, -0.15) is 0 Å². The molecule has 1 aliphatic rings. The monoisotopic (exact) mass is 441 g/mol. The van der Waals surface area contributed by atoms with E-state index in [2.05, 4.69) is 81.8 Å². The zero-order chi connectivity index (χ0) is 19.9. The van der Waals surface area contributed by atoms with Gasteiger partial charge in [0, 0.05) is 31.1 Å². The Morgan fingerprint density at radius 3 is 2.00 bits per heavy atom. The number of hydrogen-bond donors (Lipinski definition) is 1. The van der Waals surface area contributed by atoms with Gasteiger partial charge in [-0.25, -0.2) is 0 Å². The summed E-state index contributed by atoms with van der Waals surface area (Å²) in [6.45, 7) is 4.81. The molecule has 1 saturated heterocycles. The Bertz CT molecular complexity index is 842. The molecule has 0 aliphatic carbocycles. The van der Waals surface area contributed by atoms with E-state index in [1.54, 1.807) is 11.3 Å². The van der Waals surface area contributed by atoms with E-state index in [0.717, 1.165) is 26.2 Å². The van der Waals surface area contributed by atoms with Crippen molar-refractivity contribution in [2.75, 3.05) is 32.7 Å². The van der Waals surface area contributed by atoms with E-state index < -0.39 is 0 Å². The molecular weight excluding hydrogens is 414 g/mol. The first-order chi connectivity index (χ1) is 14.3. The lowest BCUT2D eigenvalue weighted by Gasteiger charge is -2.39. The minimum absolute atomic E-state index is 0. The zero-order valence-corrected chi connectivity index (χ0v) is 18.6. The summed E-state index contributed by atoms with van der Waals surface area (Å²) in [5.41, 5.74) is 2.64. The number of nitrogens with zero attached hydrogens (tertiary/aromatic N) is 2. The number of rotatable bonds is 7. The van der Waals surface area contributed by atoms with Crippen molar-refractivity contribution in [1.82, 2.24) is 15.1 Å². The molecule has 1 aromatic heterocycles. The van der Waals surface area contributed by atoms with Gasteiger partial charge in [0.05, 0.1) is 19.1 Å². The third-order valence-electron chi connectivity index (χ3n) is 5.41. The number of benzene rings is 2. The van der Waals surface area contributed by atoms with Crippen LogP contribution in [-0.2, 0) is 11.3 Å². The van der Waals surface area contributed by atoms with Crippen LogP contribution in [0.1, 0.15) is 22.0 Å². The highest BCUT2D eigenvalue weighted by atomic mass is 35.5. The second-order valence-corrected chi connectivity index (χ2v) is 8.42. The molecule has 0 bridgehead atoms. The SMILES string of the molecule is Cl.O=C(CN1CCN(C(c2ccccc2)c2ccccc2)CC1)NCc1cccs1. The molecule has 4 nitrogen and oxygen atoms in total. The maximum Gasteiger partial charge on any atom is 0.234 e. The molecule has 0 spiro atoms. The average Bonchev–Trinajstić information content (AvgIpc) is 3.29. The minimum Gasteiger partial charge on any atom is -0.350 e. The highest BCUT2D eigenvalue weighted by Gasteiger charge is 2.26. The topological polar surface area (TPSA) is 35.6 Å². The molecule has 158 valence electrons. The lowest BCUT2D eigenvalue weighted by molar-refractivity contribution is -0.122. The van der Waals surface area contributed by atoms with Crippen LogP contribution in [-0.4, -0.2) is 48.4 Å². The minimum atomic E-state index is 0. The van der Waals surface area contributed by atoms with Crippen molar-refractivity contribution < 1.29 is 4.79 Å². The Morgan fingerprint density at radius 1 is 0.867 bits per heavy atom. The van der Waals surface area contributed by atoms with E-state index in [1.807, 2.05) is 11.4 Å². The van der Waals surface area contributed by atoms with Crippen molar-refractivity contribution in [1.29, 1.82) is 0 Å². The van der Waals surface area contributed by atoms with Crippen LogP contribution < -0.4 is 5.32 Å². The molecule has 1 aliphatic heterocycles. The summed E-state index contributed by atoms with van der Waals surface area (Å²) >= 11 is 1.68. The standard InChI is InChI=1S/C24H27N3OS.ClH/c28-23(25-18-22-12-7-17-29-22)19-26-13-15-27(16-14-26)24(20-8-3-1-4-9-20)21-10-5-2-6-11-21;/h1-12,17,24H,13-16,18-19H2,(H,25,28);1H. The summed E-state index contributed by atoms with van der Waals surface area (Å²) < 4.78 is 0. The highest BCUT2D eigenvalue weighted by Crippen LogP contribution is 2.29. The molecule has 0 atom stereocenters. The molecule has 0 saturated carbocycles. The van der Waals surface area contributed by atoms with Crippen molar-refractivity contribution in [2.24, 2.45) is 0 Å². The van der Waals surface area contributed by atoms with Gasteiger partial charge in [0.15, 0.2) is 0 Å². The number of thiophene rings is 1. The molecule has 1 fully saturated rings. The number of amides is 1. The summed E-state index contributed by atoms with van der Waals surface area (Å²) in [5.74, 6) is 0.106. The quantitative estimate of drug-likeness (QED) is 0.597. The van der Waals surface area contributed by atoms with Crippen molar-refractivity contribution in [3.05, 3.63) is 94.2 Å². The van der Waals surface area contributed by atoms with Gasteiger partial charge in [-0.05, 0) is 22.6 Å². The Hall–Kier alpha value is -2.18. The Balaban J connectivity index is 0.00000256. The normalized spacial score (nSPS) is 15.0. The maximum atomic E-state index is 12.3. The lowest BCUT2D eigenvalue weighted by Crippen LogP contribution is -2.50. The first-order valence-corrected chi connectivity index (χ1v) is 11.0. The largest absolute Gasteiger partial charge is 0.350 e. The first kappa shape index (κ1) is 22.5. The highest BCUT2D eigenvalue weighted by molar-refractivity contribution is 7.09. The van der Waals surface area contributed by atoms with Gasteiger partial charge >= 0.3 is 0 Å². The van der Waals surface area contributed by atoms with Crippen LogP contribution >= 0.6 is 23.7 Å². The number of hydrogen-bond acceptors (Lipinski definition) is 4. The summed E-state index contributed by atoms with van der Waals surface area (Å²) in [4.78, 5) is 18.3. The molecule has 3 aromatic rings. The average molecular weight is 442 g/mol. The van der Waals surface area contributed by atoms with E-state index in [0.29, 0.717) is 13.1 Å². The molecule has 4 rings (SSSR count). The van der Waals surface area contributed by atoms with Crippen LogP contribution in [0.5, 0.6) is 0 Å². The van der Waals surface area contributed by atoms with Gasteiger partial charge in [-0.15, -0.1) is 23.7 Å². The second kappa shape index (κ2) is 11.3. The van der Waals surface area contributed by atoms with E-state index >= 15 is 0 Å². The van der Waals surface area contributed by atoms with Gasteiger partial charge in [0.1, 0.15) is 0 Å². The van der Waals surface area contributed by atoms with Gasteiger partial charge in [0.2, 0.25) is 5.91 Å². The fourth-order valence-corrected chi connectivity index (χ4v) is 4.57. The molecule has 1 amide bonds. The van der Waals surface area contributed by atoms with Crippen LogP contribution in [0.4, 0.5) is 0 Å². The van der Waals surface area contributed by atoms with Crippen LogP contribution in [0.25, 0.3) is 0 Å². The third kappa shape index (κ3) is 5.92. The third-order valence-corrected chi connectivity index (χ3v) is 6.29. The Labute approximate surface area is 188 Å². The summed E-state index contributed by atoms with van der Waals surface area (Å²) in [7, 11) is 0. The first-order valence-electron chi connectivity index (χ1n) is 10.1. The lowest BCUT2D eigenvalue weighted by atomic mass is 9.96. The Morgan fingerprint density at radius 2 is 1.47 bits per heavy atom. The predicted octanol–water partition coefficient (Wildman–Crippen LogP) is 4.19. The molecule has 1 N–H and O–H groups in total. The second-order valence-electron chi connectivity index (χ2n) is 7.39. The van der Waals surface area contributed by atoms with Gasteiger partial charge in [-0.3, -0.25) is 14.6 Å². The van der Waals surface area contributed by atoms with Crippen LogP contribution in [0.15, 0.2) is 78.2 Å². The summed E-state index contributed by atoms with van der Waals surface area (Å²) in [6.07, 6.45) is 0. The summed E-state index contributed by atoms with van der Waals surface area (Å²) in [6, 6.07) is 25.7. The number of carbonyl (C=O) groups excluding carboxylic acids is 1. The van der Waals surface area contributed by atoms with Crippen LogP contribution in [0.2, 0.25) is 0 Å². The number of halogens is 1. The predicted molar refractivity (Wildman–Crippen MR) is 126 cm³/mol. The molecule has 30 heavy (non-hydrogen) atoms. The van der Waals surface area contributed by atoms with E-state index in [9.17, 15) is 4.79 Å². The Kier molecular flexibility index (Phi) is 8.46. The smallest absolute Gasteiger partial charge is 0.234 e. The van der Waals surface area contributed by atoms with Gasteiger partial charge in [-0.1, -0.05) is 66.7 Å². The molecule has 2 heterocycles. The fourth-order valence-electron chi connectivity index (χ4n) is 3.92.